The molecule has 0 aliphatic rings. The van der Waals surface area contributed by atoms with Gasteiger partial charge in [-0.1, -0.05) is 0 Å². The van der Waals surface area contributed by atoms with Crippen LogP contribution in [0.15, 0.2) is 11.1 Å². The van der Waals surface area contributed by atoms with Gasteiger partial charge in [0.2, 0.25) is 5.91 Å². The molecule has 17 heavy (non-hydrogen) atoms. The van der Waals surface area contributed by atoms with Crippen molar-refractivity contribution in [3.63, 3.8) is 0 Å². The fourth-order valence-electron chi connectivity index (χ4n) is 1.33. The number of hydrogen-bond donors (Lipinski definition) is 1. The van der Waals surface area contributed by atoms with E-state index in [9.17, 15) is 9.59 Å². The zero-order valence-corrected chi connectivity index (χ0v) is 11.3. The van der Waals surface area contributed by atoms with E-state index in [-0.39, 0.29) is 11.5 Å². The summed E-state index contributed by atoms with van der Waals surface area (Å²) in [6.45, 7) is 4.52. The summed E-state index contributed by atoms with van der Waals surface area (Å²) >= 11 is 0. The van der Waals surface area contributed by atoms with Crippen LogP contribution >= 0.6 is 0 Å². The molecule has 0 aliphatic heterocycles. The Morgan fingerprint density at radius 1 is 1.00 bits per heavy atom. The lowest BCUT2D eigenvalue weighted by Crippen LogP contribution is -2.31. The first-order chi connectivity index (χ1) is 7.77. The first-order valence-corrected chi connectivity index (χ1v) is 5.58. The van der Waals surface area contributed by atoms with Crippen LogP contribution in [0, 0.1) is 0 Å². The summed E-state index contributed by atoms with van der Waals surface area (Å²) in [6, 6.07) is 0. The van der Waals surface area contributed by atoms with Gasteiger partial charge >= 0.3 is 5.97 Å². The molecule has 0 radical (unpaired) electrons. The maximum atomic E-state index is 11.9. The van der Waals surface area contributed by atoms with Crippen LogP contribution in [0.25, 0.3) is 0 Å². The molecule has 0 heterocycles. The smallest absolute Gasteiger partial charge is 0.331 e. The van der Waals surface area contributed by atoms with E-state index in [1.165, 1.54) is 6.92 Å². The van der Waals surface area contributed by atoms with E-state index in [1.54, 1.807) is 18.9 Å². The minimum atomic E-state index is -1.04. The van der Waals surface area contributed by atoms with Gasteiger partial charge in [0.25, 0.3) is 0 Å². The minimum Gasteiger partial charge on any atom is -0.478 e. The summed E-state index contributed by atoms with van der Waals surface area (Å²) in [5.74, 6) is -1.26. The zero-order valence-electron chi connectivity index (χ0n) is 11.3. The molecular weight excluding hydrogens is 220 g/mol. The van der Waals surface area contributed by atoms with Crippen molar-refractivity contribution in [2.45, 2.75) is 20.3 Å². The molecule has 1 amide bonds. The molecule has 0 fully saturated rings. The molecule has 0 aromatic heterocycles. The molecule has 0 aromatic carbocycles. The van der Waals surface area contributed by atoms with Crippen LogP contribution in [0.5, 0.6) is 0 Å². The lowest BCUT2D eigenvalue weighted by Gasteiger charge is -2.19. The molecule has 5 nitrogen and oxygen atoms in total. The number of hydrogen-bond acceptors (Lipinski definition) is 3. The van der Waals surface area contributed by atoms with Crippen LogP contribution in [-0.4, -0.2) is 61.0 Å². The van der Waals surface area contributed by atoms with Crippen molar-refractivity contribution in [1.29, 1.82) is 0 Å². The quantitative estimate of drug-likeness (QED) is 0.700. The molecule has 0 saturated carbocycles. The Labute approximate surface area is 103 Å². The van der Waals surface area contributed by atoms with Gasteiger partial charge in [-0.15, -0.1) is 0 Å². The highest BCUT2D eigenvalue weighted by Gasteiger charge is 2.16. The van der Waals surface area contributed by atoms with E-state index in [2.05, 4.69) is 0 Å². The number of nitrogens with zero attached hydrogens (tertiary/aromatic N) is 2. The fraction of sp³-hybridized carbons (Fsp3) is 0.667. The second-order valence-corrected chi connectivity index (χ2v) is 4.44. The lowest BCUT2D eigenvalue weighted by molar-refractivity contribution is -0.133. The summed E-state index contributed by atoms with van der Waals surface area (Å²) in [4.78, 5) is 26.2. The number of carbonyl (C=O) groups is 2. The van der Waals surface area contributed by atoms with Crippen LogP contribution in [0.2, 0.25) is 0 Å². The molecule has 1 N–H and O–H groups in total. The van der Waals surface area contributed by atoms with E-state index in [0.29, 0.717) is 12.1 Å². The van der Waals surface area contributed by atoms with Gasteiger partial charge in [0, 0.05) is 24.7 Å². The molecule has 0 spiro atoms. The SMILES string of the molecule is CC(C(=O)O)=C(C)C(=O)N(C)CCCN(C)C. The van der Waals surface area contributed by atoms with Crippen LogP contribution in [0.4, 0.5) is 0 Å². The molecule has 5 heteroatoms. The summed E-state index contributed by atoms with van der Waals surface area (Å²) < 4.78 is 0. The average molecular weight is 242 g/mol. The summed E-state index contributed by atoms with van der Waals surface area (Å²) in [7, 11) is 5.64. The van der Waals surface area contributed by atoms with Gasteiger partial charge in [0.1, 0.15) is 0 Å². The second-order valence-electron chi connectivity index (χ2n) is 4.44. The Balaban J connectivity index is 4.41. The van der Waals surface area contributed by atoms with Crippen LogP contribution in [-0.2, 0) is 9.59 Å². The maximum Gasteiger partial charge on any atom is 0.331 e. The normalized spacial score (nSPS) is 12.4. The Hall–Kier alpha value is -1.36. The van der Waals surface area contributed by atoms with Crippen molar-refractivity contribution < 1.29 is 14.7 Å². The lowest BCUT2D eigenvalue weighted by atomic mass is 10.1. The number of carboxylic acid groups (broad SMARTS) is 1. The van der Waals surface area contributed by atoms with Gasteiger partial charge in [0.05, 0.1) is 0 Å². The number of amides is 1. The third kappa shape index (κ3) is 5.49. The number of likely N-dealkylation sites (N-methyl/N-ethyl adjacent to an activating group) is 1. The molecule has 0 rings (SSSR count). The monoisotopic (exact) mass is 242 g/mol. The van der Waals surface area contributed by atoms with E-state index in [1.807, 2.05) is 19.0 Å². The number of aliphatic carboxylic acids is 1. The molecule has 0 aliphatic carbocycles. The van der Waals surface area contributed by atoms with Crippen LogP contribution < -0.4 is 0 Å². The van der Waals surface area contributed by atoms with Gasteiger partial charge in [-0.05, 0) is 40.9 Å². The Bertz CT molecular complexity index is 322. The Morgan fingerprint density at radius 2 is 1.53 bits per heavy atom. The molecule has 0 unspecified atom stereocenters. The predicted octanol–water partition coefficient (Wildman–Crippen LogP) is 0.818. The molecule has 98 valence electrons. The summed E-state index contributed by atoms with van der Waals surface area (Å²) in [5, 5.41) is 8.80. The largest absolute Gasteiger partial charge is 0.478 e. The van der Waals surface area contributed by atoms with E-state index < -0.39 is 5.97 Å². The molecule has 0 saturated heterocycles. The molecule has 0 aromatic rings. The van der Waals surface area contributed by atoms with Crippen molar-refractivity contribution in [2.75, 3.05) is 34.2 Å². The first-order valence-electron chi connectivity index (χ1n) is 5.58. The minimum absolute atomic E-state index is 0.106. The van der Waals surface area contributed by atoms with Crippen molar-refractivity contribution in [2.24, 2.45) is 0 Å². The van der Waals surface area contributed by atoms with Gasteiger partial charge in [-0.2, -0.15) is 0 Å². The highest BCUT2D eigenvalue weighted by molar-refractivity contribution is 6.01. The summed E-state index contributed by atoms with van der Waals surface area (Å²) in [5.41, 5.74) is 0.402. The first kappa shape index (κ1) is 15.6. The van der Waals surface area contributed by atoms with Crippen LogP contribution in [0.1, 0.15) is 20.3 Å². The third-order valence-electron chi connectivity index (χ3n) is 2.65. The van der Waals surface area contributed by atoms with Crippen molar-refractivity contribution in [1.82, 2.24) is 9.80 Å². The molecule has 0 atom stereocenters. The number of rotatable bonds is 6. The maximum absolute atomic E-state index is 11.9. The van der Waals surface area contributed by atoms with Crippen molar-refractivity contribution in [3.05, 3.63) is 11.1 Å². The fourth-order valence-corrected chi connectivity index (χ4v) is 1.33. The molecule has 0 bridgehead atoms. The second kappa shape index (κ2) is 7.06. The predicted molar refractivity (Wildman–Crippen MR) is 66.8 cm³/mol. The Kier molecular flexibility index (Phi) is 6.50. The number of carbonyl (C=O) groups excluding carboxylic acids is 1. The topological polar surface area (TPSA) is 60.9 Å². The van der Waals surface area contributed by atoms with Crippen molar-refractivity contribution >= 4 is 11.9 Å². The van der Waals surface area contributed by atoms with Gasteiger partial charge in [0.15, 0.2) is 0 Å². The average Bonchev–Trinajstić information content (AvgIpc) is 2.25. The van der Waals surface area contributed by atoms with Gasteiger partial charge < -0.3 is 14.9 Å². The van der Waals surface area contributed by atoms with E-state index >= 15 is 0 Å². The van der Waals surface area contributed by atoms with Gasteiger partial charge in [-0.25, -0.2) is 4.79 Å². The van der Waals surface area contributed by atoms with Crippen molar-refractivity contribution in [3.8, 4) is 0 Å². The van der Waals surface area contributed by atoms with Crippen LogP contribution in [0.3, 0.4) is 0 Å². The third-order valence-corrected chi connectivity index (χ3v) is 2.65. The highest BCUT2D eigenvalue weighted by atomic mass is 16.4. The van der Waals surface area contributed by atoms with Gasteiger partial charge in [-0.3, -0.25) is 4.79 Å². The standard InChI is InChI=1S/C12H22N2O3/c1-9(10(2)12(16)17)11(15)14(5)8-6-7-13(3)4/h6-8H2,1-5H3,(H,16,17). The molecular formula is C12H22N2O3. The van der Waals surface area contributed by atoms with E-state index in [0.717, 1.165) is 13.0 Å². The Morgan fingerprint density at radius 3 is 1.94 bits per heavy atom. The van der Waals surface area contributed by atoms with E-state index in [4.69, 9.17) is 5.11 Å². The number of carboxylic acids is 1. The summed E-state index contributed by atoms with van der Waals surface area (Å²) in [6.07, 6.45) is 0.870. The zero-order chi connectivity index (χ0) is 13.6. The highest BCUT2D eigenvalue weighted by Crippen LogP contribution is 2.07.